The van der Waals surface area contributed by atoms with Gasteiger partial charge in [0.05, 0.1) is 36.4 Å². The molecule has 1 aromatic carbocycles. The molecule has 0 saturated carbocycles. The van der Waals surface area contributed by atoms with Crippen LogP contribution in [0.5, 0.6) is 0 Å². The van der Waals surface area contributed by atoms with Crippen LogP contribution in [0.2, 0.25) is 0 Å². The van der Waals surface area contributed by atoms with E-state index in [1.807, 2.05) is 24.3 Å². The van der Waals surface area contributed by atoms with Gasteiger partial charge in [0.15, 0.2) is 0 Å². The molecule has 8 heteroatoms. The third kappa shape index (κ3) is 3.98. The number of ether oxygens (including phenoxy) is 1. The van der Waals surface area contributed by atoms with E-state index in [1.54, 1.807) is 19.0 Å². The summed E-state index contributed by atoms with van der Waals surface area (Å²) in [4.78, 5) is 37.2. The van der Waals surface area contributed by atoms with Crippen LogP contribution in [0.15, 0.2) is 30.5 Å². The molecule has 3 heterocycles. The summed E-state index contributed by atoms with van der Waals surface area (Å²) in [6, 6.07) is 7.81. The largest absolute Gasteiger partial charge is 0.375 e. The van der Waals surface area contributed by atoms with Gasteiger partial charge >= 0.3 is 0 Å². The molecule has 4 rings (SSSR count). The number of nitrogens with zero attached hydrogens (tertiary/aromatic N) is 4. The summed E-state index contributed by atoms with van der Waals surface area (Å²) in [6.45, 7) is 2.06. The molecule has 0 spiro atoms. The molecule has 0 bridgehead atoms. The average molecular weight is 383 g/mol. The number of morpholine rings is 1. The van der Waals surface area contributed by atoms with Crippen molar-refractivity contribution in [3.05, 3.63) is 36.2 Å². The molecular formula is C20H25N5O3. The Morgan fingerprint density at radius 2 is 2.04 bits per heavy atom. The molecule has 8 nitrogen and oxygen atoms in total. The number of carbonyl (C=O) groups is 2. The first kappa shape index (κ1) is 18.8. The lowest BCUT2D eigenvalue weighted by atomic mass is 10.1. The van der Waals surface area contributed by atoms with E-state index in [0.717, 1.165) is 18.5 Å². The summed E-state index contributed by atoms with van der Waals surface area (Å²) in [7, 11) is 3.51. The van der Waals surface area contributed by atoms with Crippen LogP contribution in [-0.2, 0) is 9.53 Å². The Kier molecular flexibility index (Phi) is 5.23. The maximum Gasteiger partial charge on any atom is 0.271 e. The van der Waals surface area contributed by atoms with Crippen molar-refractivity contribution < 1.29 is 14.3 Å². The van der Waals surface area contributed by atoms with Gasteiger partial charge in [0.1, 0.15) is 5.69 Å². The van der Waals surface area contributed by atoms with E-state index in [4.69, 9.17) is 4.74 Å². The number of fused-ring (bicyclic) bond motifs is 2. The SMILES string of the molecule is CN(C)C(=O)C[C@H]1CN2C[C@H](NC(=O)c3cnc4ccccc4n3)C[C@H]2CO1. The molecule has 1 N–H and O–H groups in total. The van der Waals surface area contributed by atoms with Crippen molar-refractivity contribution >= 4 is 22.8 Å². The second-order valence-corrected chi connectivity index (χ2v) is 7.71. The van der Waals surface area contributed by atoms with E-state index >= 15 is 0 Å². The van der Waals surface area contributed by atoms with Crippen molar-refractivity contribution in [1.29, 1.82) is 0 Å². The summed E-state index contributed by atoms with van der Waals surface area (Å²) in [5.74, 6) is -0.134. The number of carbonyl (C=O) groups excluding carboxylic acids is 2. The van der Waals surface area contributed by atoms with Gasteiger partial charge in [-0.3, -0.25) is 19.5 Å². The van der Waals surface area contributed by atoms with Crippen molar-refractivity contribution in [1.82, 2.24) is 25.1 Å². The first-order valence-electron chi connectivity index (χ1n) is 9.58. The fourth-order valence-electron chi connectivity index (χ4n) is 3.87. The van der Waals surface area contributed by atoms with Gasteiger partial charge in [-0.2, -0.15) is 0 Å². The minimum absolute atomic E-state index is 0.0395. The molecule has 2 fully saturated rings. The monoisotopic (exact) mass is 383 g/mol. The fraction of sp³-hybridized carbons (Fsp3) is 0.500. The van der Waals surface area contributed by atoms with E-state index < -0.39 is 0 Å². The molecule has 1 aromatic heterocycles. The third-order valence-corrected chi connectivity index (χ3v) is 5.41. The van der Waals surface area contributed by atoms with Crippen LogP contribution in [0.1, 0.15) is 23.3 Å². The lowest BCUT2D eigenvalue weighted by Gasteiger charge is -2.35. The standard InChI is InChI=1S/C20H25N5O3/c1-24(2)19(26)8-15-11-25-10-13(7-14(25)12-28-15)22-20(27)18-9-21-16-5-3-4-6-17(16)23-18/h3-6,9,13-15H,7-8,10-12H2,1-2H3,(H,22,27)/t13-,14+,15+/m1/s1. The number of amides is 2. The zero-order valence-electron chi connectivity index (χ0n) is 16.2. The Hall–Kier alpha value is -2.58. The second-order valence-electron chi connectivity index (χ2n) is 7.71. The summed E-state index contributed by atoms with van der Waals surface area (Å²) >= 11 is 0. The van der Waals surface area contributed by atoms with Crippen molar-refractivity contribution in [2.75, 3.05) is 33.8 Å². The minimum atomic E-state index is -0.205. The minimum Gasteiger partial charge on any atom is -0.375 e. The Bertz CT molecular complexity index is 887. The van der Waals surface area contributed by atoms with Gasteiger partial charge in [-0.05, 0) is 18.6 Å². The number of para-hydroxylation sites is 2. The first-order chi connectivity index (χ1) is 13.5. The predicted molar refractivity (Wildman–Crippen MR) is 104 cm³/mol. The maximum atomic E-state index is 12.6. The second kappa shape index (κ2) is 7.81. The number of aromatic nitrogens is 2. The number of benzene rings is 1. The number of hydrogen-bond acceptors (Lipinski definition) is 6. The summed E-state index contributed by atoms with van der Waals surface area (Å²) < 4.78 is 5.87. The van der Waals surface area contributed by atoms with Gasteiger partial charge < -0.3 is 15.0 Å². The summed E-state index contributed by atoms with van der Waals surface area (Å²) in [5, 5.41) is 3.08. The van der Waals surface area contributed by atoms with Crippen LogP contribution in [-0.4, -0.2) is 83.6 Å². The molecule has 2 amide bonds. The van der Waals surface area contributed by atoms with Crippen LogP contribution < -0.4 is 5.32 Å². The lowest BCUT2D eigenvalue weighted by Crippen LogP contribution is -2.47. The molecule has 3 atom stereocenters. The predicted octanol–water partition coefficient (Wildman–Crippen LogP) is 0.680. The molecule has 0 unspecified atom stereocenters. The molecule has 0 radical (unpaired) electrons. The van der Waals surface area contributed by atoms with Crippen LogP contribution in [0.4, 0.5) is 0 Å². The first-order valence-corrected chi connectivity index (χ1v) is 9.58. The molecule has 2 aliphatic heterocycles. The number of nitrogens with one attached hydrogen (secondary N) is 1. The van der Waals surface area contributed by atoms with Gasteiger partial charge in [-0.15, -0.1) is 0 Å². The van der Waals surface area contributed by atoms with Crippen LogP contribution in [0.25, 0.3) is 11.0 Å². The Balaban J connectivity index is 1.35. The van der Waals surface area contributed by atoms with Crippen LogP contribution in [0.3, 0.4) is 0 Å². The number of rotatable bonds is 4. The molecule has 148 valence electrons. The quantitative estimate of drug-likeness (QED) is 0.835. The summed E-state index contributed by atoms with van der Waals surface area (Å²) in [6.07, 6.45) is 2.65. The smallest absolute Gasteiger partial charge is 0.271 e. The lowest BCUT2D eigenvalue weighted by molar-refractivity contribution is -0.134. The van der Waals surface area contributed by atoms with Crippen molar-refractivity contribution in [3.8, 4) is 0 Å². The van der Waals surface area contributed by atoms with E-state index in [2.05, 4.69) is 20.2 Å². The molecule has 2 aliphatic rings. The highest BCUT2D eigenvalue weighted by molar-refractivity contribution is 5.94. The van der Waals surface area contributed by atoms with Crippen LogP contribution in [0, 0.1) is 0 Å². The average Bonchev–Trinajstić information content (AvgIpc) is 3.08. The normalized spacial score (nSPS) is 24.7. The van der Waals surface area contributed by atoms with Gasteiger partial charge in [-0.25, -0.2) is 4.98 Å². The van der Waals surface area contributed by atoms with Crippen molar-refractivity contribution in [2.45, 2.75) is 31.0 Å². The fourth-order valence-corrected chi connectivity index (χ4v) is 3.87. The highest BCUT2D eigenvalue weighted by atomic mass is 16.5. The highest BCUT2D eigenvalue weighted by Crippen LogP contribution is 2.24. The van der Waals surface area contributed by atoms with Crippen molar-refractivity contribution in [2.24, 2.45) is 0 Å². The summed E-state index contributed by atoms with van der Waals surface area (Å²) in [5.41, 5.74) is 1.81. The van der Waals surface area contributed by atoms with Crippen LogP contribution >= 0.6 is 0 Å². The van der Waals surface area contributed by atoms with Gasteiger partial charge in [0.25, 0.3) is 5.91 Å². The Morgan fingerprint density at radius 3 is 2.82 bits per heavy atom. The van der Waals surface area contributed by atoms with Gasteiger partial charge in [0, 0.05) is 39.3 Å². The molecular weight excluding hydrogens is 358 g/mol. The zero-order valence-corrected chi connectivity index (χ0v) is 16.2. The molecule has 0 aliphatic carbocycles. The zero-order chi connectivity index (χ0) is 19.7. The highest BCUT2D eigenvalue weighted by Gasteiger charge is 2.38. The van der Waals surface area contributed by atoms with Crippen molar-refractivity contribution in [3.63, 3.8) is 0 Å². The van der Waals surface area contributed by atoms with E-state index in [9.17, 15) is 9.59 Å². The molecule has 28 heavy (non-hydrogen) atoms. The van der Waals surface area contributed by atoms with Gasteiger partial charge in [0.2, 0.25) is 5.91 Å². The van der Waals surface area contributed by atoms with E-state index in [1.165, 1.54) is 6.20 Å². The molecule has 2 aromatic rings. The van der Waals surface area contributed by atoms with E-state index in [-0.39, 0.29) is 30.0 Å². The topological polar surface area (TPSA) is 87.7 Å². The molecule has 2 saturated heterocycles. The van der Waals surface area contributed by atoms with Gasteiger partial charge in [-0.1, -0.05) is 12.1 Å². The Morgan fingerprint density at radius 1 is 1.25 bits per heavy atom. The Labute approximate surface area is 163 Å². The number of hydrogen-bond donors (Lipinski definition) is 1. The van der Waals surface area contributed by atoms with E-state index in [0.29, 0.717) is 30.8 Å². The maximum absolute atomic E-state index is 12.6. The third-order valence-electron chi connectivity index (χ3n) is 5.41.